The fraction of sp³-hybridized carbons (Fsp3) is 0.895. The molecule has 0 spiro atoms. The Morgan fingerprint density at radius 2 is 1.81 bits per heavy atom. The van der Waals surface area contributed by atoms with Gasteiger partial charge >= 0.3 is 0 Å². The molecule has 3 atom stereocenters. The van der Waals surface area contributed by atoms with Crippen LogP contribution >= 0.6 is 0 Å². The summed E-state index contributed by atoms with van der Waals surface area (Å²) < 4.78 is 23.4. The zero-order chi connectivity index (χ0) is 19.4. The van der Waals surface area contributed by atoms with E-state index in [1.807, 2.05) is 13.8 Å². The lowest BCUT2D eigenvalue weighted by Gasteiger charge is -2.23. The number of rotatable bonds is 5. The molecule has 0 aromatic rings. The topological polar surface area (TPSA) is 90.9 Å². The van der Waals surface area contributed by atoms with Crippen molar-refractivity contribution in [3.8, 4) is 0 Å². The first kappa shape index (κ1) is 20.4. The van der Waals surface area contributed by atoms with Gasteiger partial charge in [0.2, 0.25) is 5.91 Å². The van der Waals surface area contributed by atoms with Crippen molar-refractivity contribution in [2.75, 3.05) is 37.7 Å². The van der Waals surface area contributed by atoms with Gasteiger partial charge < -0.3 is 15.5 Å². The van der Waals surface area contributed by atoms with Crippen LogP contribution in [0.1, 0.15) is 46.0 Å². The molecule has 0 aromatic carbocycles. The summed E-state index contributed by atoms with van der Waals surface area (Å²) in [4.78, 5) is 18.9. The van der Waals surface area contributed by atoms with Crippen LogP contribution in [-0.4, -0.2) is 68.9 Å². The number of fused-ring (bicyclic) bond motifs is 1. The summed E-state index contributed by atoms with van der Waals surface area (Å²) in [5.74, 6) is 2.82. The fourth-order valence-electron chi connectivity index (χ4n) is 4.63. The molecule has 0 aromatic heterocycles. The van der Waals surface area contributed by atoms with Crippen LogP contribution in [0.25, 0.3) is 0 Å². The van der Waals surface area contributed by atoms with Gasteiger partial charge in [-0.15, -0.1) is 0 Å². The first-order chi connectivity index (χ1) is 12.8. The number of guanidine groups is 1. The third-order valence-electron chi connectivity index (χ3n) is 5.97. The minimum absolute atomic E-state index is 0.0793. The predicted octanol–water partition coefficient (Wildman–Crippen LogP) is 1.01. The highest BCUT2D eigenvalue weighted by Gasteiger charge is 2.36. The van der Waals surface area contributed by atoms with Crippen LogP contribution in [0.4, 0.5) is 0 Å². The Bertz CT molecular complexity index is 648. The molecule has 3 unspecified atom stereocenters. The molecule has 7 nitrogen and oxygen atoms in total. The third kappa shape index (κ3) is 5.83. The van der Waals surface area contributed by atoms with Crippen LogP contribution in [-0.2, 0) is 14.6 Å². The number of amides is 1. The molecule has 2 aliphatic heterocycles. The molecule has 8 heteroatoms. The number of likely N-dealkylation sites (tertiary alicyclic amines) is 1. The number of hydrogen-bond acceptors (Lipinski definition) is 4. The van der Waals surface area contributed by atoms with Crippen molar-refractivity contribution in [2.24, 2.45) is 22.7 Å². The summed E-state index contributed by atoms with van der Waals surface area (Å²) in [6.07, 6.45) is 5.89. The molecule has 3 aliphatic rings. The van der Waals surface area contributed by atoms with E-state index in [0.29, 0.717) is 13.0 Å². The van der Waals surface area contributed by atoms with Gasteiger partial charge in [-0.05, 0) is 50.9 Å². The molecule has 1 saturated carbocycles. The molecule has 154 valence electrons. The Morgan fingerprint density at radius 1 is 1.15 bits per heavy atom. The quantitative estimate of drug-likeness (QED) is 0.533. The smallest absolute Gasteiger partial charge is 0.242 e. The Morgan fingerprint density at radius 3 is 2.37 bits per heavy atom. The van der Waals surface area contributed by atoms with E-state index < -0.39 is 9.84 Å². The van der Waals surface area contributed by atoms with Crippen LogP contribution in [0.3, 0.4) is 0 Å². The molecule has 0 bridgehead atoms. The zero-order valence-corrected chi connectivity index (χ0v) is 17.4. The van der Waals surface area contributed by atoms with Crippen molar-refractivity contribution >= 4 is 21.7 Å². The summed E-state index contributed by atoms with van der Waals surface area (Å²) in [6, 6.07) is 0.0995. The highest BCUT2D eigenvalue weighted by Crippen LogP contribution is 2.36. The van der Waals surface area contributed by atoms with E-state index in [-0.39, 0.29) is 35.9 Å². The van der Waals surface area contributed by atoms with Gasteiger partial charge in [0.15, 0.2) is 15.8 Å². The normalized spacial score (nSPS) is 30.4. The Hall–Kier alpha value is -1.31. The van der Waals surface area contributed by atoms with Crippen LogP contribution in [0.5, 0.6) is 0 Å². The van der Waals surface area contributed by atoms with Crippen molar-refractivity contribution in [3.05, 3.63) is 0 Å². The van der Waals surface area contributed by atoms with Crippen LogP contribution in [0, 0.1) is 17.8 Å². The van der Waals surface area contributed by atoms with Gasteiger partial charge in [-0.3, -0.25) is 4.79 Å². The van der Waals surface area contributed by atoms with E-state index in [2.05, 4.69) is 20.5 Å². The second-order valence-corrected chi connectivity index (χ2v) is 11.0. The van der Waals surface area contributed by atoms with Gasteiger partial charge in [-0.25, -0.2) is 13.4 Å². The molecule has 27 heavy (non-hydrogen) atoms. The lowest BCUT2D eigenvalue weighted by Crippen LogP contribution is -2.43. The van der Waals surface area contributed by atoms with Crippen LogP contribution < -0.4 is 10.6 Å². The van der Waals surface area contributed by atoms with Gasteiger partial charge in [0, 0.05) is 25.7 Å². The van der Waals surface area contributed by atoms with E-state index >= 15 is 0 Å². The second kappa shape index (κ2) is 8.80. The number of nitrogens with zero attached hydrogens (tertiary/aromatic N) is 2. The molecule has 1 aliphatic carbocycles. The summed E-state index contributed by atoms with van der Waals surface area (Å²) in [5.41, 5.74) is 0. The summed E-state index contributed by atoms with van der Waals surface area (Å²) in [6.45, 7) is 6.57. The monoisotopic (exact) mass is 398 g/mol. The average Bonchev–Trinajstić information content (AvgIpc) is 3.17. The Balaban J connectivity index is 1.62. The van der Waals surface area contributed by atoms with Crippen LogP contribution in [0.2, 0.25) is 0 Å². The van der Waals surface area contributed by atoms with Gasteiger partial charge in [-0.2, -0.15) is 0 Å². The number of carbonyl (C=O) groups excluding carboxylic acids is 1. The standard InChI is InChI=1S/C19H34N4O3S/c1-14(2)22-18(24)10-21-19(20-9-15-7-8-27(25,26)13-15)23-11-16-5-3-4-6-17(16)12-23/h14-17H,3-13H2,1-2H3,(H,20,21)(H,22,24). The maximum atomic E-state index is 12.0. The van der Waals surface area contributed by atoms with Crippen molar-refractivity contribution in [1.29, 1.82) is 0 Å². The van der Waals surface area contributed by atoms with Gasteiger partial charge in [0.05, 0.1) is 11.5 Å². The lowest BCUT2D eigenvalue weighted by molar-refractivity contribution is -0.120. The molecule has 2 heterocycles. The maximum Gasteiger partial charge on any atom is 0.242 e. The van der Waals surface area contributed by atoms with E-state index in [0.717, 1.165) is 30.9 Å². The molecule has 2 saturated heterocycles. The van der Waals surface area contributed by atoms with E-state index in [1.54, 1.807) is 0 Å². The lowest BCUT2D eigenvalue weighted by atomic mass is 9.82. The number of hydrogen-bond donors (Lipinski definition) is 2. The van der Waals surface area contributed by atoms with E-state index in [9.17, 15) is 13.2 Å². The number of nitrogens with one attached hydrogen (secondary N) is 2. The molecule has 2 N–H and O–H groups in total. The van der Waals surface area contributed by atoms with E-state index in [1.165, 1.54) is 25.7 Å². The summed E-state index contributed by atoms with van der Waals surface area (Å²) in [7, 11) is -2.88. The number of carbonyl (C=O) groups is 1. The van der Waals surface area contributed by atoms with Gasteiger partial charge in [0.25, 0.3) is 0 Å². The maximum absolute atomic E-state index is 12.0. The molecular weight excluding hydrogens is 364 g/mol. The third-order valence-corrected chi connectivity index (χ3v) is 7.81. The molecular formula is C19H34N4O3S. The molecule has 3 rings (SSSR count). The first-order valence-electron chi connectivity index (χ1n) is 10.4. The summed E-state index contributed by atoms with van der Waals surface area (Å²) in [5, 5.41) is 6.27. The second-order valence-electron chi connectivity index (χ2n) is 8.72. The number of aliphatic imine (C=N–C) groups is 1. The zero-order valence-electron chi connectivity index (χ0n) is 16.6. The SMILES string of the molecule is CC(C)NC(=O)CN=C(NCC1CCS(=O)(=O)C1)N1CC2CCCCC2C1. The largest absolute Gasteiger partial charge is 0.356 e. The fourth-order valence-corrected chi connectivity index (χ4v) is 6.49. The average molecular weight is 399 g/mol. The van der Waals surface area contributed by atoms with E-state index in [4.69, 9.17) is 0 Å². The minimum Gasteiger partial charge on any atom is -0.356 e. The Kier molecular flexibility index (Phi) is 6.65. The highest BCUT2D eigenvalue weighted by atomic mass is 32.2. The van der Waals surface area contributed by atoms with Crippen molar-refractivity contribution in [1.82, 2.24) is 15.5 Å². The highest BCUT2D eigenvalue weighted by molar-refractivity contribution is 7.91. The number of sulfone groups is 1. The molecule has 0 radical (unpaired) electrons. The van der Waals surface area contributed by atoms with Crippen molar-refractivity contribution < 1.29 is 13.2 Å². The minimum atomic E-state index is -2.88. The Labute approximate surface area is 163 Å². The predicted molar refractivity (Wildman–Crippen MR) is 107 cm³/mol. The molecule has 3 fully saturated rings. The van der Waals surface area contributed by atoms with Gasteiger partial charge in [0.1, 0.15) is 6.54 Å². The van der Waals surface area contributed by atoms with Crippen molar-refractivity contribution in [2.45, 2.75) is 52.0 Å². The summed E-state index contributed by atoms with van der Waals surface area (Å²) >= 11 is 0. The van der Waals surface area contributed by atoms with Gasteiger partial charge in [-0.1, -0.05) is 12.8 Å². The van der Waals surface area contributed by atoms with Crippen LogP contribution in [0.15, 0.2) is 4.99 Å². The first-order valence-corrected chi connectivity index (χ1v) is 12.2. The van der Waals surface area contributed by atoms with Crippen molar-refractivity contribution in [3.63, 3.8) is 0 Å². The molecule has 1 amide bonds.